The molecule has 0 unspecified atom stereocenters. The first-order valence-corrected chi connectivity index (χ1v) is 3.46. The van der Waals surface area contributed by atoms with Gasteiger partial charge in [-0.15, -0.1) is 0 Å². The molecule has 10 heavy (non-hydrogen) atoms. The van der Waals surface area contributed by atoms with Crippen LogP contribution in [-0.4, -0.2) is 18.5 Å². The van der Waals surface area contributed by atoms with E-state index >= 15 is 0 Å². The van der Waals surface area contributed by atoms with Crippen LogP contribution < -0.4 is 5.64 Å². The molecule has 3 nitrogen and oxygen atoms in total. The van der Waals surface area contributed by atoms with Gasteiger partial charge in [-0.1, -0.05) is 0 Å². The lowest BCUT2D eigenvalue weighted by atomic mass is 9.90. The predicted octanol–water partition coefficient (Wildman–Crippen LogP) is 0.534. The van der Waals surface area contributed by atoms with Crippen LogP contribution in [0, 0.1) is 0 Å². The van der Waals surface area contributed by atoms with Gasteiger partial charge >= 0.3 is 7.25 Å². The Morgan fingerprint density at radius 1 is 1.00 bits per heavy atom. The Kier molecular flexibility index (Phi) is 1.58. The van der Waals surface area contributed by atoms with Crippen LogP contribution in [0.4, 0.5) is 0 Å². The third-order valence-corrected chi connectivity index (χ3v) is 2.27. The Bertz CT molecular complexity index is 131. The van der Waals surface area contributed by atoms with E-state index < -0.39 is 7.25 Å². The SMILES string of the molecule is CC1(C)OB(N)OC1(C)C. The molecule has 0 radical (unpaired) electrons. The maximum atomic E-state index is 5.44. The van der Waals surface area contributed by atoms with Crippen molar-refractivity contribution in [3.8, 4) is 0 Å². The van der Waals surface area contributed by atoms with Gasteiger partial charge in [0.05, 0.1) is 11.2 Å². The Balaban J connectivity index is 2.78. The molecule has 0 aromatic heterocycles. The molecule has 4 heteroatoms. The summed E-state index contributed by atoms with van der Waals surface area (Å²) in [5, 5.41) is 0. The highest BCUT2D eigenvalue weighted by molar-refractivity contribution is 6.41. The van der Waals surface area contributed by atoms with Crippen LogP contribution in [0.2, 0.25) is 0 Å². The number of rotatable bonds is 0. The zero-order valence-electron chi connectivity index (χ0n) is 6.97. The smallest absolute Gasteiger partial charge is 0.389 e. The third-order valence-electron chi connectivity index (χ3n) is 2.27. The molecule has 1 aliphatic heterocycles. The molecule has 0 aliphatic carbocycles. The molecule has 1 saturated heterocycles. The van der Waals surface area contributed by atoms with Gasteiger partial charge in [-0.25, -0.2) is 0 Å². The fraction of sp³-hybridized carbons (Fsp3) is 1.00. The summed E-state index contributed by atoms with van der Waals surface area (Å²) in [5.74, 6) is 0. The minimum Gasteiger partial charge on any atom is -0.389 e. The maximum absolute atomic E-state index is 5.44. The van der Waals surface area contributed by atoms with E-state index in [1.165, 1.54) is 0 Å². The van der Waals surface area contributed by atoms with E-state index in [9.17, 15) is 0 Å². The van der Waals surface area contributed by atoms with Crippen LogP contribution in [0.3, 0.4) is 0 Å². The van der Waals surface area contributed by atoms with Crippen LogP contribution in [0.1, 0.15) is 27.7 Å². The van der Waals surface area contributed by atoms with Crippen molar-refractivity contribution in [2.75, 3.05) is 0 Å². The van der Waals surface area contributed by atoms with Crippen molar-refractivity contribution >= 4 is 7.25 Å². The second kappa shape index (κ2) is 1.97. The molecule has 0 bridgehead atoms. The zero-order chi connectivity index (χ0) is 7.99. The van der Waals surface area contributed by atoms with Crippen LogP contribution in [0.15, 0.2) is 0 Å². The summed E-state index contributed by atoms with van der Waals surface area (Å²) in [6.07, 6.45) is 0. The Labute approximate surface area is 62.0 Å². The normalized spacial score (nSPS) is 29.1. The first-order chi connectivity index (χ1) is 4.35. The lowest BCUT2D eigenvalue weighted by molar-refractivity contribution is 0.00578. The molecule has 0 atom stereocenters. The van der Waals surface area contributed by atoms with Gasteiger partial charge < -0.3 is 15.0 Å². The molecule has 1 fully saturated rings. The van der Waals surface area contributed by atoms with Gasteiger partial charge in [0.2, 0.25) is 0 Å². The molecule has 0 spiro atoms. The van der Waals surface area contributed by atoms with Gasteiger partial charge in [0.1, 0.15) is 0 Å². The fourth-order valence-electron chi connectivity index (χ4n) is 0.889. The highest BCUT2D eigenvalue weighted by Gasteiger charge is 2.49. The summed E-state index contributed by atoms with van der Waals surface area (Å²) in [6.45, 7) is 7.89. The van der Waals surface area contributed by atoms with Crippen LogP contribution in [0.5, 0.6) is 0 Å². The summed E-state index contributed by atoms with van der Waals surface area (Å²) >= 11 is 0. The van der Waals surface area contributed by atoms with Gasteiger partial charge in [0, 0.05) is 0 Å². The molecule has 1 heterocycles. The van der Waals surface area contributed by atoms with Crippen LogP contribution in [0.25, 0.3) is 0 Å². The molecule has 0 aromatic rings. The van der Waals surface area contributed by atoms with Crippen molar-refractivity contribution in [2.24, 2.45) is 5.64 Å². The molecule has 2 N–H and O–H groups in total. The summed E-state index contributed by atoms with van der Waals surface area (Å²) < 4.78 is 10.6. The van der Waals surface area contributed by atoms with E-state index in [1.807, 2.05) is 27.7 Å². The maximum Gasteiger partial charge on any atom is 0.552 e. The molecular formula is C6H14BNO2. The fourth-order valence-corrected chi connectivity index (χ4v) is 0.889. The van der Waals surface area contributed by atoms with Gasteiger partial charge in [0.25, 0.3) is 0 Å². The number of hydrogen-bond acceptors (Lipinski definition) is 3. The topological polar surface area (TPSA) is 44.5 Å². The van der Waals surface area contributed by atoms with Crippen LogP contribution >= 0.6 is 0 Å². The lowest BCUT2D eigenvalue weighted by Gasteiger charge is -2.32. The summed E-state index contributed by atoms with van der Waals surface area (Å²) in [5.41, 5.74) is 4.87. The first kappa shape index (κ1) is 8.05. The second-order valence-electron chi connectivity index (χ2n) is 3.62. The highest BCUT2D eigenvalue weighted by Crippen LogP contribution is 2.34. The van der Waals surface area contributed by atoms with Crippen molar-refractivity contribution in [2.45, 2.75) is 38.9 Å². The monoisotopic (exact) mass is 143 g/mol. The predicted molar refractivity (Wildman–Crippen MR) is 40.3 cm³/mol. The quantitative estimate of drug-likeness (QED) is 0.503. The van der Waals surface area contributed by atoms with Crippen molar-refractivity contribution in [3.63, 3.8) is 0 Å². The van der Waals surface area contributed by atoms with Gasteiger partial charge in [-0.05, 0) is 27.7 Å². The molecule has 0 aromatic carbocycles. The van der Waals surface area contributed by atoms with Crippen molar-refractivity contribution in [1.29, 1.82) is 0 Å². The van der Waals surface area contributed by atoms with Crippen molar-refractivity contribution in [1.82, 2.24) is 0 Å². The molecule has 1 aliphatic rings. The van der Waals surface area contributed by atoms with Crippen molar-refractivity contribution < 1.29 is 9.31 Å². The number of hydrogen-bond donors (Lipinski definition) is 1. The summed E-state index contributed by atoms with van der Waals surface area (Å²) in [7, 11) is -0.565. The largest absolute Gasteiger partial charge is 0.552 e. The molecule has 0 amide bonds. The van der Waals surface area contributed by atoms with Gasteiger partial charge in [0.15, 0.2) is 0 Å². The minimum atomic E-state index is -0.565. The average molecular weight is 143 g/mol. The van der Waals surface area contributed by atoms with Gasteiger partial charge in [-0.2, -0.15) is 0 Å². The standard InChI is InChI=1S/C6H14BNO2/c1-5(2)6(3,4)10-7(8)9-5/h8H2,1-4H3. The van der Waals surface area contributed by atoms with E-state index in [2.05, 4.69) is 0 Å². The van der Waals surface area contributed by atoms with Crippen LogP contribution in [-0.2, 0) is 9.31 Å². The minimum absolute atomic E-state index is 0.285. The van der Waals surface area contributed by atoms with Gasteiger partial charge in [-0.3, -0.25) is 0 Å². The zero-order valence-corrected chi connectivity index (χ0v) is 6.97. The van der Waals surface area contributed by atoms with E-state index in [-0.39, 0.29) is 11.2 Å². The lowest BCUT2D eigenvalue weighted by Crippen LogP contribution is -2.41. The number of nitrogens with two attached hydrogens (primary N) is 1. The average Bonchev–Trinajstić information content (AvgIpc) is 1.73. The molecule has 0 saturated carbocycles. The Morgan fingerprint density at radius 2 is 1.30 bits per heavy atom. The van der Waals surface area contributed by atoms with E-state index in [0.717, 1.165) is 0 Å². The molecular weight excluding hydrogens is 129 g/mol. The van der Waals surface area contributed by atoms with E-state index in [4.69, 9.17) is 15.0 Å². The Morgan fingerprint density at radius 3 is 1.40 bits per heavy atom. The Hall–Kier alpha value is -0.0551. The van der Waals surface area contributed by atoms with E-state index in [0.29, 0.717) is 0 Å². The third kappa shape index (κ3) is 1.07. The molecule has 1 rings (SSSR count). The summed E-state index contributed by atoms with van der Waals surface area (Å²) in [6, 6.07) is 0. The van der Waals surface area contributed by atoms with Crippen molar-refractivity contribution in [3.05, 3.63) is 0 Å². The second-order valence-corrected chi connectivity index (χ2v) is 3.62. The highest BCUT2D eigenvalue weighted by atomic mass is 16.7. The summed E-state index contributed by atoms with van der Waals surface area (Å²) in [4.78, 5) is 0. The molecule has 58 valence electrons. The van der Waals surface area contributed by atoms with E-state index in [1.54, 1.807) is 0 Å². The first-order valence-electron chi connectivity index (χ1n) is 3.46.